The highest BCUT2D eigenvalue weighted by Gasteiger charge is 2.38. The van der Waals surface area contributed by atoms with Gasteiger partial charge in [-0.15, -0.1) is 0 Å². The van der Waals surface area contributed by atoms with Gasteiger partial charge in [-0.1, -0.05) is 20.3 Å². The lowest BCUT2D eigenvalue weighted by Gasteiger charge is -2.26. The number of fused-ring (bicyclic) bond motifs is 1. The summed E-state index contributed by atoms with van der Waals surface area (Å²) in [5, 5.41) is 14.2. The van der Waals surface area contributed by atoms with E-state index in [9.17, 15) is 19.2 Å². The van der Waals surface area contributed by atoms with Gasteiger partial charge in [0.15, 0.2) is 11.5 Å². The SMILES string of the molecule is CC[C@H](C)[C@H](NC(=O)[C@H]1CC(=O)N(c2ccc3c(c2)OCCO3)C1)C(=O)N[C@@H](C)C(=O)O. The van der Waals surface area contributed by atoms with Crippen LogP contribution >= 0.6 is 0 Å². The molecular formula is C22H29N3O7. The molecular weight excluding hydrogens is 418 g/mol. The molecule has 2 aliphatic rings. The van der Waals surface area contributed by atoms with Crippen molar-refractivity contribution in [3.8, 4) is 11.5 Å². The predicted molar refractivity (Wildman–Crippen MR) is 115 cm³/mol. The lowest BCUT2D eigenvalue weighted by Crippen LogP contribution is -2.54. The zero-order chi connectivity index (χ0) is 23.4. The lowest BCUT2D eigenvalue weighted by atomic mass is 9.96. The fraction of sp³-hybridized carbons (Fsp3) is 0.545. The molecule has 4 atom stereocenters. The maximum Gasteiger partial charge on any atom is 0.325 e. The van der Waals surface area contributed by atoms with E-state index in [-0.39, 0.29) is 24.8 Å². The van der Waals surface area contributed by atoms with Crippen molar-refractivity contribution in [2.24, 2.45) is 11.8 Å². The Morgan fingerprint density at radius 1 is 1.16 bits per heavy atom. The van der Waals surface area contributed by atoms with Crippen LogP contribution in [0.25, 0.3) is 0 Å². The number of carbonyl (C=O) groups excluding carboxylic acids is 3. The van der Waals surface area contributed by atoms with E-state index in [1.165, 1.54) is 11.8 Å². The minimum absolute atomic E-state index is 0.0145. The maximum absolute atomic E-state index is 12.9. The van der Waals surface area contributed by atoms with Gasteiger partial charge in [-0.25, -0.2) is 0 Å². The van der Waals surface area contributed by atoms with Gasteiger partial charge in [0.1, 0.15) is 25.3 Å². The minimum atomic E-state index is -1.16. The first kappa shape index (κ1) is 23.4. The smallest absolute Gasteiger partial charge is 0.325 e. The first-order valence-corrected chi connectivity index (χ1v) is 10.7. The van der Waals surface area contributed by atoms with Gasteiger partial charge < -0.3 is 30.1 Å². The van der Waals surface area contributed by atoms with E-state index >= 15 is 0 Å². The molecule has 1 fully saturated rings. The molecule has 0 spiro atoms. The van der Waals surface area contributed by atoms with E-state index in [0.29, 0.717) is 36.8 Å². The molecule has 1 saturated heterocycles. The summed E-state index contributed by atoms with van der Waals surface area (Å²) in [6, 6.07) is 3.22. The van der Waals surface area contributed by atoms with Crippen molar-refractivity contribution in [2.45, 2.75) is 45.7 Å². The molecule has 3 amide bonds. The molecule has 0 radical (unpaired) electrons. The molecule has 3 rings (SSSR count). The van der Waals surface area contributed by atoms with Gasteiger partial charge in [-0.05, 0) is 25.0 Å². The van der Waals surface area contributed by atoms with Crippen LogP contribution in [0.4, 0.5) is 5.69 Å². The first-order valence-electron chi connectivity index (χ1n) is 10.7. The van der Waals surface area contributed by atoms with E-state index in [4.69, 9.17) is 14.6 Å². The largest absolute Gasteiger partial charge is 0.486 e. The minimum Gasteiger partial charge on any atom is -0.486 e. The third-order valence-corrected chi connectivity index (χ3v) is 5.86. The number of carboxylic acids is 1. The third-order valence-electron chi connectivity index (χ3n) is 5.86. The number of carbonyl (C=O) groups is 4. The zero-order valence-electron chi connectivity index (χ0n) is 18.4. The second-order valence-corrected chi connectivity index (χ2v) is 8.17. The number of amides is 3. The Kier molecular flexibility index (Phi) is 7.22. The topological polar surface area (TPSA) is 134 Å². The Hall–Kier alpha value is -3.30. The summed E-state index contributed by atoms with van der Waals surface area (Å²) in [6.07, 6.45) is 0.618. The number of hydrogen-bond donors (Lipinski definition) is 3. The van der Waals surface area contributed by atoms with Gasteiger partial charge in [0.2, 0.25) is 17.7 Å². The Bertz CT molecular complexity index is 904. The molecule has 10 heteroatoms. The van der Waals surface area contributed by atoms with Crippen LogP contribution < -0.4 is 25.0 Å². The summed E-state index contributed by atoms with van der Waals surface area (Å²) in [4.78, 5) is 50.7. The summed E-state index contributed by atoms with van der Waals surface area (Å²) in [5.41, 5.74) is 0.612. The van der Waals surface area contributed by atoms with Crippen LogP contribution in [0, 0.1) is 11.8 Å². The molecule has 10 nitrogen and oxygen atoms in total. The molecule has 0 aromatic heterocycles. The third kappa shape index (κ3) is 5.12. The Morgan fingerprint density at radius 3 is 2.50 bits per heavy atom. The van der Waals surface area contributed by atoms with Gasteiger partial charge in [0, 0.05) is 24.7 Å². The normalized spacial score (nSPS) is 20.3. The van der Waals surface area contributed by atoms with Crippen LogP contribution in [0.3, 0.4) is 0 Å². The summed E-state index contributed by atoms with van der Waals surface area (Å²) >= 11 is 0. The highest BCUT2D eigenvalue weighted by Crippen LogP contribution is 2.36. The summed E-state index contributed by atoms with van der Waals surface area (Å²) in [6.45, 7) is 6.10. The van der Waals surface area contributed by atoms with Gasteiger partial charge in [-0.3, -0.25) is 19.2 Å². The van der Waals surface area contributed by atoms with Crippen LogP contribution in [-0.2, 0) is 19.2 Å². The van der Waals surface area contributed by atoms with Crippen molar-refractivity contribution in [2.75, 3.05) is 24.7 Å². The van der Waals surface area contributed by atoms with Crippen LogP contribution in [0.5, 0.6) is 11.5 Å². The van der Waals surface area contributed by atoms with Crippen LogP contribution in [0.15, 0.2) is 18.2 Å². The second-order valence-electron chi connectivity index (χ2n) is 8.17. The van der Waals surface area contributed by atoms with Crippen molar-refractivity contribution >= 4 is 29.4 Å². The molecule has 0 bridgehead atoms. The number of ether oxygens (including phenoxy) is 2. The molecule has 1 aromatic rings. The van der Waals surface area contributed by atoms with Crippen molar-refractivity contribution in [3.63, 3.8) is 0 Å². The average molecular weight is 447 g/mol. The number of carboxylic acid groups (broad SMARTS) is 1. The monoisotopic (exact) mass is 447 g/mol. The standard InChI is InChI=1S/C22H29N3O7/c1-4-12(2)19(21(28)23-13(3)22(29)30)24-20(27)14-9-18(26)25(11-14)15-5-6-16-17(10-15)32-8-7-31-16/h5-6,10,12-14,19H,4,7-9,11H2,1-3H3,(H,23,28)(H,24,27)(H,29,30)/t12-,13-,14-,19-/m0/s1. The van der Waals surface area contributed by atoms with Crippen LogP contribution in [0.1, 0.15) is 33.6 Å². The number of rotatable bonds is 8. The van der Waals surface area contributed by atoms with E-state index < -0.39 is 35.8 Å². The number of aliphatic carboxylic acids is 1. The Balaban J connectivity index is 1.68. The lowest BCUT2D eigenvalue weighted by molar-refractivity contribution is -0.142. The fourth-order valence-corrected chi connectivity index (χ4v) is 3.67. The Morgan fingerprint density at radius 2 is 1.84 bits per heavy atom. The maximum atomic E-state index is 12.9. The second kappa shape index (κ2) is 9.88. The first-order chi connectivity index (χ1) is 15.2. The molecule has 3 N–H and O–H groups in total. The molecule has 2 heterocycles. The van der Waals surface area contributed by atoms with Crippen LogP contribution in [-0.4, -0.2) is 60.6 Å². The van der Waals surface area contributed by atoms with Crippen molar-refractivity contribution in [1.29, 1.82) is 0 Å². The molecule has 174 valence electrons. The van der Waals surface area contributed by atoms with Gasteiger partial charge in [0.05, 0.1) is 5.92 Å². The molecule has 0 saturated carbocycles. The molecule has 0 unspecified atom stereocenters. The quantitative estimate of drug-likeness (QED) is 0.540. The fourth-order valence-electron chi connectivity index (χ4n) is 3.67. The zero-order valence-corrected chi connectivity index (χ0v) is 18.4. The number of nitrogens with one attached hydrogen (secondary N) is 2. The van der Waals surface area contributed by atoms with Gasteiger partial charge in [0.25, 0.3) is 0 Å². The molecule has 1 aromatic carbocycles. The van der Waals surface area contributed by atoms with E-state index in [1.807, 2.05) is 6.92 Å². The summed E-state index contributed by atoms with van der Waals surface area (Å²) < 4.78 is 11.1. The summed E-state index contributed by atoms with van der Waals surface area (Å²) in [7, 11) is 0. The van der Waals surface area contributed by atoms with Crippen LogP contribution in [0.2, 0.25) is 0 Å². The van der Waals surface area contributed by atoms with E-state index in [0.717, 1.165) is 0 Å². The highest BCUT2D eigenvalue weighted by molar-refractivity contribution is 6.01. The summed E-state index contributed by atoms with van der Waals surface area (Å²) in [5.74, 6) is -2.03. The number of anilines is 1. The number of hydrogen-bond acceptors (Lipinski definition) is 6. The van der Waals surface area contributed by atoms with Gasteiger partial charge >= 0.3 is 5.97 Å². The van der Waals surface area contributed by atoms with Crippen molar-refractivity contribution < 1.29 is 33.8 Å². The average Bonchev–Trinajstić information content (AvgIpc) is 3.17. The number of nitrogens with zero attached hydrogens (tertiary/aromatic N) is 1. The molecule has 0 aliphatic carbocycles. The van der Waals surface area contributed by atoms with Crippen molar-refractivity contribution in [1.82, 2.24) is 10.6 Å². The van der Waals surface area contributed by atoms with E-state index in [2.05, 4.69) is 10.6 Å². The molecule has 2 aliphatic heterocycles. The predicted octanol–water partition coefficient (Wildman–Crippen LogP) is 0.931. The molecule has 32 heavy (non-hydrogen) atoms. The highest BCUT2D eigenvalue weighted by atomic mass is 16.6. The van der Waals surface area contributed by atoms with Gasteiger partial charge in [-0.2, -0.15) is 0 Å². The number of benzene rings is 1. The van der Waals surface area contributed by atoms with E-state index in [1.54, 1.807) is 25.1 Å². The van der Waals surface area contributed by atoms with Crippen molar-refractivity contribution in [3.05, 3.63) is 18.2 Å². The Labute approximate surface area is 186 Å².